The largest absolute Gasteiger partial charge is 0.308 e. The van der Waals surface area contributed by atoms with Gasteiger partial charge in [0.2, 0.25) is 0 Å². The van der Waals surface area contributed by atoms with E-state index in [0.717, 1.165) is 70.2 Å². The van der Waals surface area contributed by atoms with Crippen molar-refractivity contribution in [2.45, 2.75) is 33.9 Å². The van der Waals surface area contributed by atoms with E-state index in [1.165, 1.54) is 159 Å². The summed E-state index contributed by atoms with van der Waals surface area (Å²) in [6.45, 7) is 0. The fourth-order valence-electron chi connectivity index (χ4n) is 16.2. The first-order valence-electron chi connectivity index (χ1n) is 31.3. The lowest BCUT2D eigenvalue weighted by atomic mass is 9.98. The topological polar surface area (TPSA) is 40.3 Å². The highest BCUT2D eigenvalue weighted by Crippen LogP contribution is 2.45. The first kappa shape index (κ1) is 50.6. The van der Waals surface area contributed by atoms with E-state index in [0.29, 0.717) is 0 Å². The zero-order valence-electron chi connectivity index (χ0n) is 48.9. The summed E-state index contributed by atoms with van der Waals surface area (Å²) < 4.78 is 16.5. The molecule has 9 aliphatic rings. The van der Waals surface area contributed by atoms with Crippen molar-refractivity contribution in [2.24, 2.45) is 13.2 Å². The molecule has 0 N–H and O–H groups in total. The van der Waals surface area contributed by atoms with E-state index >= 15 is 0 Å². The number of benzene rings is 12. The Balaban J connectivity index is 0.706. The Kier molecular flexibility index (Phi) is 10.6. The number of rotatable bonds is 6. The van der Waals surface area contributed by atoms with Crippen LogP contribution in [0.15, 0.2) is 246 Å². The lowest BCUT2D eigenvalue weighted by Crippen LogP contribution is -2.22. The smallest absolute Gasteiger partial charge is 0.0816 e. The fourth-order valence-corrected chi connectivity index (χ4v) is 18.8. The van der Waals surface area contributed by atoms with Gasteiger partial charge in [0, 0.05) is 86.5 Å². The summed E-state index contributed by atoms with van der Waals surface area (Å²) in [4.78, 5) is 6.18. The quantitative estimate of drug-likeness (QED) is 0.156. The molecule has 0 amide bonds. The Bertz CT molecular complexity index is 6090. The van der Waals surface area contributed by atoms with Gasteiger partial charge in [-0.05, 0) is 199 Å². The second-order valence-electron chi connectivity index (χ2n) is 24.9. The minimum Gasteiger partial charge on any atom is -0.308 e. The van der Waals surface area contributed by atoms with Crippen LogP contribution in [0.3, 0.4) is 0 Å². The molecule has 12 aromatic carbocycles. The highest BCUT2D eigenvalue weighted by Gasteiger charge is 2.30. The third-order valence-electron chi connectivity index (χ3n) is 20.4. The average Bonchev–Trinajstić information content (AvgIpc) is 1.65. The predicted octanol–water partition coefficient (Wildman–Crippen LogP) is 13.9. The van der Waals surface area contributed by atoms with E-state index in [1.54, 1.807) is 35.8 Å². The molecule has 6 aliphatic carbocycles. The molecule has 0 atom stereocenters. The molecule has 3 aliphatic heterocycles. The van der Waals surface area contributed by atoms with Gasteiger partial charge in [0.05, 0.1) is 34.2 Å². The molecular weight excluding hydrogens is 1160 g/mol. The summed E-state index contributed by atoms with van der Waals surface area (Å²) in [5.74, 6) is 0. The van der Waals surface area contributed by atoms with Crippen molar-refractivity contribution in [3.63, 3.8) is 0 Å². The third-order valence-corrected chi connectivity index (χ3v) is 23.2. The fraction of sp³-hybridized carbons (Fsp3) is 0.0357. The maximum Gasteiger partial charge on any atom is 0.0816 e. The van der Waals surface area contributed by atoms with Gasteiger partial charge in [-0.15, -0.1) is 0 Å². The highest BCUT2D eigenvalue weighted by atomic mass is 32.2. The van der Waals surface area contributed by atoms with Crippen molar-refractivity contribution in [1.29, 1.82) is 0 Å². The van der Waals surface area contributed by atoms with Crippen LogP contribution in [-0.4, -0.2) is 17.1 Å². The summed E-state index contributed by atoms with van der Waals surface area (Å²) in [6.07, 6.45) is 16.8. The summed E-state index contributed by atoms with van der Waals surface area (Å²) in [5.41, 5.74) is 21.3. The normalized spacial score (nSPS) is 14.8. The number of nitrogens with zero attached hydrogens (tertiary/aromatic N) is 4. The van der Waals surface area contributed by atoms with Gasteiger partial charge in [-0.1, -0.05) is 200 Å². The number of hydrogen-bond donors (Lipinski definition) is 0. The molecular formula is C84H48N4S3. The SMILES string of the molecule is C1=c2ccc3c(c2SN=C1c1ccccc1N(c1ccccc1C1=NSc2c4c(ccc2=C1)=c1ccc2c(c1C4)C=c1ccccc1=2)c1ccccc1C1=NSc2c4c(ccc2=C1)=c1ccc2c(c1C4)C=c1ccccc1=2)Cc1c2c(ccc1=3)=c1ccccc1=C2. The number of anilines is 3. The van der Waals surface area contributed by atoms with E-state index < -0.39 is 0 Å². The molecule has 0 fully saturated rings. The van der Waals surface area contributed by atoms with Crippen LogP contribution in [0.25, 0.3) is 36.5 Å². The van der Waals surface area contributed by atoms with E-state index in [2.05, 4.69) is 260 Å². The lowest BCUT2D eigenvalue weighted by Gasteiger charge is -2.31. The van der Waals surface area contributed by atoms with E-state index in [9.17, 15) is 0 Å². The van der Waals surface area contributed by atoms with Crippen LogP contribution in [0, 0.1) is 62.6 Å². The van der Waals surface area contributed by atoms with Crippen molar-refractivity contribution in [3.05, 3.63) is 379 Å². The van der Waals surface area contributed by atoms with Crippen molar-refractivity contribution < 1.29 is 0 Å². The molecule has 0 bridgehead atoms. The van der Waals surface area contributed by atoms with Crippen LogP contribution < -0.4 is 36.2 Å². The van der Waals surface area contributed by atoms with Crippen LogP contribution in [-0.2, 0) is 19.3 Å². The first-order valence-corrected chi connectivity index (χ1v) is 33.6. The molecule has 12 aromatic rings. The first-order chi connectivity index (χ1) is 45.1. The van der Waals surface area contributed by atoms with E-state index in [4.69, 9.17) is 13.2 Å². The molecule has 0 spiro atoms. The van der Waals surface area contributed by atoms with Gasteiger partial charge < -0.3 is 4.90 Å². The standard InChI is InChI=1S/C84H48N4S3/c1-4-16-52-46(13-1)37-67-55(52)31-34-58-61-28-25-49-40-76(85-89-82(49)73(61)43-70(58)67)64-19-7-10-22-79(64)88(80-23-11-8-20-65(80)77-41-50-26-29-62-59-35-32-56-53-17-5-2-14-47(53)38-68(56)71(59)44-74(62)83(50)90-86-77)81-24-12-9-21-66(81)78-42-51-27-30-63-60-36-33-57-54-18-6-3-15-48(54)39-69(57)72(60)45-75(63)84(51)91-87-78/h1-42H,43-45H2. The number of para-hydroxylation sites is 3. The molecule has 91 heavy (non-hydrogen) atoms. The second-order valence-corrected chi connectivity index (χ2v) is 27.3. The van der Waals surface area contributed by atoms with Crippen molar-refractivity contribution in [1.82, 2.24) is 0 Å². The minimum absolute atomic E-state index is 0.885. The molecule has 3 heterocycles. The average molecular weight is 1210 g/mol. The van der Waals surface area contributed by atoms with Gasteiger partial charge in [-0.25, -0.2) is 13.2 Å². The lowest BCUT2D eigenvalue weighted by molar-refractivity contribution is 1.13. The van der Waals surface area contributed by atoms with Crippen molar-refractivity contribution in [2.75, 3.05) is 4.90 Å². The zero-order valence-corrected chi connectivity index (χ0v) is 51.3. The van der Waals surface area contributed by atoms with Gasteiger partial charge in [-0.3, -0.25) is 0 Å². The maximum atomic E-state index is 5.51. The van der Waals surface area contributed by atoms with Gasteiger partial charge in [-0.2, -0.15) is 0 Å². The zero-order chi connectivity index (χ0) is 59.2. The third kappa shape index (κ3) is 7.31. The van der Waals surface area contributed by atoms with E-state index in [1.807, 2.05) is 0 Å². The van der Waals surface area contributed by atoms with Gasteiger partial charge in [0.25, 0.3) is 0 Å². The molecule has 0 saturated heterocycles. The minimum atomic E-state index is 0.885. The highest BCUT2D eigenvalue weighted by molar-refractivity contribution is 7.98. The van der Waals surface area contributed by atoms with Gasteiger partial charge in [0.15, 0.2) is 0 Å². The van der Waals surface area contributed by atoms with Crippen LogP contribution >= 0.6 is 35.8 Å². The molecule has 0 radical (unpaired) electrons. The molecule has 0 aromatic heterocycles. The predicted molar refractivity (Wildman–Crippen MR) is 373 cm³/mol. The van der Waals surface area contributed by atoms with Gasteiger partial charge >= 0.3 is 0 Å². The Morgan fingerprint density at radius 3 is 0.846 bits per heavy atom. The van der Waals surface area contributed by atoms with E-state index in [-0.39, 0.29) is 0 Å². The Labute approximate surface area is 533 Å². The molecule has 4 nitrogen and oxygen atoms in total. The Hall–Kier alpha value is -10.3. The summed E-state index contributed by atoms with van der Waals surface area (Å²) in [5, 5.41) is 23.4. The monoisotopic (exact) mass is 1210 g/mol. The van der Waals surface area contributed by atoms with Crippen LogP contribution in [0.1, 0.15) is 66.8 Å². The molecule has 21 rings (SSSR count). The second kappa shape index (κ2) is 19.1. The summed E-state index contributed by atoms with van der Waals surface area (Å²) in [7, 11) is 0. The number of fused-ring (bicyclic) bond motifs is 21. The van der Waals surface area contributed by atoms with Crippen molar-refractivity contribution >= 4 is 106 Å². The molecule has 0 unspecified atom stereocenters. The molecule has 422 valence electrons. The van der Waals surface area contributed by atoms with Gasteiger partial charge in [0.1, 0.15) is 0 Å². The maximum absolute atomic E-state index is 5.51. The van der Waals surface area contributed by atoms with Crippen molar-refractivity contribution in [3.8, 4) is 0 Å². The number of hydrogen-bond acceptors (Lipinski definition) is 7. The Morgan fingerprint density at radius 1 is 0.231 bits per heavy atom. The summed E-state index contributed by atoms with van der Waals surface area (Å²) in [6, 6.07) is 80.9. The Morgan fingerprint density at radius 2 is 0.505 bits per heavy atom. The van der Waals surface area contributed by atoms with Crippen LogP contribution in [0.4, 0.5) is 17.1 Å². The van der Waals surface area contributed by atoms with Crippen LogP contribution in [0.2, 0.25) is 0 Å². The molecule has 7 heteroatoms. The summed E-state index contributed by atoms with van der Waals surface area (Å²) >= 11 is 4.87. The van der Waals surface area contributed by atoms with Crippen LogP contribution in [0.5, 0.6) is 0 Å². The molecule has 0 saturated carbocycles.